The third-order valence-electron chi connectivity index (χ3n) is 4.52. The van der Waals surface area contributed by atoms with Crippen LogP contribution in [0.25, 0.3) is 0 Å². The molecule has 0 aliphatic carbocycles. The highest BCUT2D eigenvalue weighted by molar-refractivity contribution is 5.62. The van der Waals surface area contributed by atoms with Gasteiger partial charge in [-0.3, -0.25) is 0 Å². The van der Waals surface area contributed by atoms with Crippen molar-refractivity contribution in [1.29, 1.82) is 0 Å². The third-order valence-corrected chi connectivity index (χ3v) is 4.52. The topological polar surface area (TPSA) is 61.0 Å². The zero-order valence-electron chi connectivity index (χ0n) is 18.3. The lowest BCUT2D eigenvalue weighted by Crippen LogP contribution is -2.17. The number of hydrogen-bond acceptors (Lipinski definition) is 6. The van der Waals surface area contributed by atoms with Gasteiger partial charge in [0.2, 0.25) is 0 Å². The van der Waals surface area contributed by atoms with Crippen LogP contribution >= 0.6 is 0 Å². The molecule has 0 saturated heterocycles. The summed E-state index contributed by atoms with van der Waals surface area (Å²) >= 11 is 0. The summed E-state index contributed by atoms with van der Waals surface area (Å²) in [4.78, 5) is 0. The minimum absolute atomic E-state index is 0.252. The molecule has 0 fully saturated rings. The number of methoxy groups -OCH3 is 2. The van der Waals surface area contributed by atoms with Crippen LogP contribution in [-0.2, 0) is 20.8 Å². The van der Waals surface area contributed by atoms with Gasteiger partial charge in [0, 0.05) is 38.6 Å². The van der Waals surface area contributed by atoms with Crippen LogP contribution in [0.3, 0.4) is 0 Å². The number of nitrogens with one attached hydrogen (secondary N) is 2. The van der Waals surface area contributed by atoms with Gasteiger partial charge in [0.25, 0.3) is 0 Å². The molecular weight excluding hydrogens is 368 g/mol. The Balaban J connectivity index is 2.02. The number of hydrogen-bond donors (Lipinski definition) is 2. The van der Waals surface area contributed by atoms with E-state index >= 15 is 0 Å². The summed E-state index contributed by atoms with van der Waals surface area (Å²) in [7, 11) is 3.28. The molecule has 6 heteroatoms. The second-order valence-corrected chi connectivity index (χ2v) is 7.01. The smallest absolute Gasteiger partial charge is 0.146 e. The standard InChI is InChI=1S/C23H34N2O4/c1-17-13-18(2)22(19(3)14-17)24-9-10-25-23-20(15-28-16-27-5)7-6-8-21(23)29-12-11-26-4/h6-8,13-14,24-25H,9-12,15-16H2,1-5H3. The molecule has 0 radical (unpaired) electrons. The largest absolute Gasteiger partial charge is 0.489 e. The van der Waals surface area contributed by atoms with Gasteiger partial charge in [0.15, 0.2) is 0 Å². The van der Waals surface area contributed by atoms with E-state index in [2.05, 4.69) is 43.5 Å². The fourth-order valence-electron chi connectivity index (χ4n) is 3.32. The average molecular weight is 403 g/mol. The van der Waals surface area contributed by atoms with Crippen LogP contribution in [0.4, 0.5) is 11.4 Å². The van der Waals surface area contributed by atoms with E-state index in [0.29, 0.717) is 19.8 Å². The molecule has 0 heterocycles. The molecule has 0 bridgehead atoms. The second kappa shape index (κ2) is 12.3. The third kappa shape index (κ3) is 7.24. The van der Waals surface area contributed by atoms with Gasteiger partial charge in [-0.1, -0.05) is 29.8 Å². The lowest BCUT2D eigenvalue weighted by molar-refractivity contribution is -0.0389. The maximum atomic E-state index is 5.90. The average Bonchev–Trinajstić information content (AvgIpc) is 2.68. The molecule has 2 aromatic carbocycles. The van der Waals surface area contributed by atoms with Gasteiger partial charge < -0.3 is 29.6 Å². The summed E-state index contributed by atoms with van der Waals surface area (Å²) in [5.41, 5.74) is 6.98. The quantitative estimate of drug-likeness (QED) is 0.385. The molecule has 6 nitrogen and oxygen atoms in total. The summed E-state index contributed by atoms with van der Waals surface area (Å²) < 4.78 is 21.5. The van der Waals surface area contributed by atoms with Crippen LogP contribution in [-0.4, -0.2) is 47.3 Å². The Kier molecular flexibility index (Phi) is 9.77. The molecule has 2 N–H and O–H groups in total. The number of aryl methyl sites for hydroxylation is 3. The molecule has 29 heavy (non-hydrogen) atoms. The monoisotopic (exact) mass is 402 g/mol. The molecule has 0 aliphatic heterocycles. The Bertz CT molecular complexity index is 713. The summed E-state index contributed by atoms with van der Waals surface area (Å²) in [6, 6.07) is 10.4. The molecule has 0 spiro atoms. The van der Waals surface area contributed by atoms with Crippen LogP contribution in [0.2, 0.25) is 0 Å². The summed E-state index contributed by atoms with van der Waals surface area (Å²) in [5, 5.41) is 7.05. The lowest BCUT2D eigenvalue weighted by atomic mass is 10.1. The molecule has 0 amide bonds. The van der Waals surface area contributed by atoms with E-state index in [1.165, 1.54) is 22.4 Å². The number of para-hydroxylation sites is 1. The maximum absolute atomic E-state index is 5.90. The predicted molar refractivity (Wildman–Crippen MR) is 118 cm³/mol. The van der Waals surface area contributed by atoms with Crippen LogP contribution in [0, 0.1) is 20.8 Å². The first-order valence-corrected chi connectivity index (χ1v) is 9.92. The van der Waals surface area contributed by atoms with Gasteiger partial charge in [-0.15, -0.1) is 0 Å². The molecule has 2 rings (SSSR count). The van der Waals surface area contributed by atoms with Crippen LogP contribution in [0.15, 0.2) is 30.3 Å². The summed E-state index contributed by atoms with van der Waals surface area (Å²) in [5.74, 6) is 0.795. The van der Waals surface area contributed by atoms with E-state index in [-0.39, 0.29) is 6.79 Å². The van der Waals surface area contributed by atoms with E-state index in [0.717, 1.165) is 30.1 Å². The van der Waals surface area contributed by atoms with Crippen molar-refractivity contribution in [2.75, 3.05) is 57.9 Å². The normalized spacial score (nSPS) is 10.8. The lowest BCUT2D eigenvalue weighted by Gasteiger charge is -2.19. The van der Waals surface area contributed by atoms with Crippen molar-refractivity contribution >= 4 is 11.4 Å². The summed E-state index contributed by atoms with van der Waals surface area (Å²) in [6.45, 7) is 9.66. The first-order chi connectivity index (χ1) is 14.1. The van der Waals surface area contributed by atoms with E-state index in [1.807, 2.05) is 18.2 Å². The fraction of sp³-hybridized carbons (Fsp3) is 0.478. The molecule has 0 aromatic heterocycles. The van der Waals surface area contributed by atoms with Crippen LogP contribution in [0.5, 0.6) is 5.75 Å². The predicted octanol–water partition coefficient (Wildman–Crippen LogP) is 4.28. The van der Waals surface area contributed by atoms with Crippen molar-refractivity contribution in [3.05, 3.63) is 52.6 Å². The maximum Gasteiger partial charge on any atom is 0.146 e. The highest BCUT2D eigenvalue weighted by atomic mass is 16.7. The zero-order valence-corrected chi connectivity index (χ0v) is 18.3. The van der Waals surface area contributed by atoms with E-state index < -0.39 is 0 Å². The van der Waals surface area contributed by atoms with Gasteiger partial charge in [-0.05, 0) is 38.0 Å². The molecule has 160 valence electrons. The fourth-order valence-corrected chi connectivity index (χ4v) is 3.32. The van der Waals surface area contributed by atoms with Gasteiger partial charge >= 0.3 is 0 Å². The first-order valence-electron chi connectivity index (χ1n) is 9.92. The van der Waals surface area contributed by atoms with Crippen molar-refractivity contribution in [3.63, 3.8) is 0 Å². The Hall–Kier alpha value is -2.28. The van der Waals surface area contributed by atoms with Gasteiger partial charge in [0.1, 0.15) is 19.1 Å². The van der Waals surface area contributed by atoms with E-state index in [9.17, 15) is 0 Å². The van der Waals surface area contributed by atoms with Crippen molar-refractivity contribution in [3.8, 4) is 5.75 Å². The molecule has 2 aromatic rings. The van der Waals surface area contributed by atoms with E-state index in [4.69, 9.17) is 18.9 Å². The highest BCUT2D eigenvalue weighted by Gasteiger charge is 2.10. The Morgan fingerprint density at radius 1 is 0.828 bits per heavy atom. The minimum Gasteiger partial charge on any atom is -0.489 e. The van der Waals surface area contributed by atoms with Gasteiger partial charge in [-0.25, -0.2) is 0 Å². The Morgan fingerprint density at radius 2 is 1.52 bits per heavy atom. The number of rotatable bonds is 13. The molecule has 0 saturated carbocycles. The molecule has 0 unspecified atom stereocenters. The van der Waals surface area contributed by atoms with E-state index in [1.54, 1.807) is 14.2 Å². The van der Waals surface area contributed by atoms with Crippen molar-refractivity contribution < 1.29 is 18.9 Å². The Morgan fingerprint density at radius 3 is 2.17 bits per heavy atom. The van der Waals surface area contributed by atoms with Crippen molar-refractivity contribution in [1.82, 2.24) is 0 Å². The molecular formula is C23H34N2O4. The van der Waals surface area contributed by atoms with Crippen molar-refractivity contribution in [2.45, 2.75) is 27.4 Å². The zero-order chi connectivity index (χ0) is 21.1. The van der Waals surface area contributed by atoms with Gasteiger partial charge in [0.05, 0.1) is 18.9 Å². The van der Waals surface area contributed by atoms with Crippen molar-refractivity contribution in [2.24, 2.45) is 0 Å². The minimum atomic E-state index is 0.252. The Labute approximate surface area is 174 Å². The van der Waals surface area contributed by atoms with Gasteiger partial charge in [-0.2, -0.15) is 0 Å². The molecule has 0 atom stereocenters. The van der Waals surface area contributed by atoms with Crippen LogP contribution < -0.4 is 15.4 Å². The molecule has 0 aliphatic rings. The number of anilines is 2. The van der Waals surface area contributed by atoms with Crippen LogP contribution in [0.1, 0.15) is 22.3 Å². The second-order valence-electron chi connectivity index (χ2n) is 7.01. The SMILES string of the molecule is COCCOc1cccc(COCOC)c1NCCNc1c(C)cc(C)cc1C. The summed E-state index contributed by atoms with van der Waals surface area (Å²) in [6.07, 6.45) is 0. The first kappa shape index (κ1) is 23.0. The number of benzene rings is 2. The number of ether oxygens (including phenoxy) is 4. The highest BCUT2D eigenvalue weighted by Crippen LogP contribution is 2.29.